The molecule has 0 aliphatic rings. The number of rotatable bonds is 8. The predicted molar refractivity (Wildman–Crippen MR) is 120 cm³/mol. The van der Waals surface area contributed by atoms with Gasteiger partial charge in [-0.25, -0.2) is 4.39 Å². The largest absolute Gasteiger partial charge is 0.379 e. The van der Waals surface area contributed by atoms with Gasteiger partial charge in [0.25, 0.3) is 11.8 Å². The summed E-state index contributed by atoms with van der Waals surface area (Å²) >= 11 is 0. The van der Waals surface area contributed by atoms with Crippen LogP contribution in [0.2, 0.25) is 0 Å². The van der Waals surface area contributed by atoms with Crippen molar-refractivity contribution in [1.82, 2.24) is 10.3 Å². The van der Waals surface area contributed by atoms with Gasteiger partial charge in [0.05, 0.1) is 5.56 Å². The second-order valence-corrected chi connectivity index (χ2v) is 7.31. The third kappa shape index (κ3) is 6.37. The molecule has 31 heavy (non-hydrogen) atoms. The zero-order valence-electron chi connectivity index (χ0n) is 17.5. The van der Waals surface area contributed by atoms with E-state index in [0.717, 1.165) is 22.4 Å². The standard InChI is InChI=1S/C24H25FN4O2/c1-16-9-20(15-26-13-16)24(31)29-22-8-4-6-19(11-22)17(2)28-21-7-3-5-18(10-21)14-27-23(30)12-25/h3-11,13,15,17,28H,12,14H2,1-2H3,(H,27,30)(H,29,31). The van der Waals surface area contributed by atoms with Crippen LogP contribution < -0.4 is 16.0 Å². The Morgan fingerprint density at radius 1 is 1.03 bits per heavy atom. The van der Waals surface area contributed by atoms with Gasteiger partial charge in [-0.15, -0.1) is 0 Å². The van der Waals surface area contributed by atoms with Crippen LogP contribution in [0.25, 0.3) is 0 Å². The highest BCUT2D eigenvalue weighted by Gasteiger charge is 2.10. The van der Waals surface area contributed by atoms with E-state index in [9.17, 15) is 14.0 Å². The van der Waals surface area contributed by atoms with Gasteiger partial charge in [-0.2, -0.15) is 0 Å². The zero-order valence-corrected chi connectivity index (χ0v) is 17.5. The lowest BCUT2D eigenvalue weighted by molar-refractivity contribution is -0.122. The Kier molecular flexibility index (Phi) is 7.32. The topological polar surface area (TPSA) is 83.1 Å². The number of carbonyl (C=O) groups excluding carboxylic acids is 2. The SMILES string of the molecule is Cc1cncc(C(=O)Nc2cccc(C(C)Nc3cccc(CNC(=O)CF)c3)c2)c1. The number of nitrogens with one attached hydrogen (secondary N) is 3. The number of anilines is 2. The molecule has 3 N–H and O–H groups in total. The number of halogens is 1. The third-order valence-corrected chi connectivity index (χ3v) is 4.70. The maximum Gasteiger partial charge on any atom is 0.257 e. The van der Waals surface area contributed by atoms with Crippen molar-refractivity contribution in [2.45, 2.75) is 26.4 Å². The minimum absolute atomic E-state index is 0.0341. The van der Waals surface area contributed by atoms with Gasteiger partial charge in [0.2, 0.25) is 0 Å². The molecule has 1 aromatic heterocycles. The molecule has 1 unspecified atom stereocenters. The van der Waals surface area contributed by atoms with Crippen LogP contribution in [0.5, 0.6) is 0 Å². The summed E-state index contributed by atoms with van der Waals surface area (Å²) < 4.78 is 12.3. The van der Waals surface area contributed by atoms with Crippen molar-refractivity contribution >= 4 is 23.2 Å². The fourth-order valence-corrected chi connectivity index (χ4v) is 3.12. The summed E-state index contributed by atoms with van der Waals surface area (Å²) in [6, 6.07) is 17.0. The number of benzene rings is 2. The van der Waals surface area contributed by atoms with Gasteiger partial charge in [-0.1, -0.05) is 24.3 Å². The summed E-state index contributed by atoms with van der Waals surface area (Å²) in [5, 5.41) is 8.84. The molecule has 6 nitrogen and oxygen atoms in total. The Bertz CT molecular complexity index is 1070. The molecule has 0 fully saturated rings. The summed E-state index contributed by atoms with van der Waals surface area (Å²) in [5.41, 5.74) is 4.86. The first kappa shape index (κ1) is 22.0. The van der Waals surface area contributed by atoms with Crippen molar-refractivity contribution in [3.05, 3.63) is 89.2 Å². The molecule has 160 valence electrons. The summed E-state index contributed by atoms with van der Waals surface area (Å²) in [4.78, 5) is 27.7. The second-order valence-electron chi connectivity index (χ2n) is 7.31. The maximum absolute atomic E-state index is 12.5. The van der Waals surface area contributed by atoms with Crippen LogP contribution in [-0.2, 0) is 11.3 Å². The van der Waals surface area contributed by atoms with E-state index in [1.54, 1.807) is 18.5 Å². The van der Waals surface area contributed by atoms with Gasteiger partial charge < -0.3 is 16.0 Å². The van der Waals surface area contributed by atoms with Crippen molar-refractivity contribution in [2.24, 2.45) is 0 Å². The van der Waals surface area contributed by atoms with Gasteiger partial charge in [0.1, 0.15) is 0 Å². The molecule has 2 amide bonds. The Morgan fingerprint density at radius 3 is 2.58 bits per heavy atom. The number of pyridine rings is 1. The molecule has 0 aliphatic carbocycles. The van der Waals surface area contributed by atoms with E-state index in [2.05, 4.69) is 20.9 Å². The number of hydrogen-bond acceptors (Lipinski definition) is 4. The number of carbonyl (C=O) groups is 2. The molecule has 0 radical (unpaired) electrons. The zero-order chi connectivity index (χ0) is 22.2. The minimum atomic E-state index is -1.03. The summed E-state index contributed by atoms with van der Waals surface area (Å²) in [5.74, 6) is -0.843. The normalized spacial score (nSPS) is 11.5. The smallest absolute Gasteiger partial charge is 0.257 e. The van der Waals surface area contributed by atoms with Crippen LogP contribution in [0.15, 0.2) is 67.0 Å². The van der Waals surface area contributed by atoms with Crippen molar-refractivity contribution in [3.63, 3.8) is 0 Å². The molecule has 0 saturated carbocycles. The molecule has 3 rings (SSSR count). The predicted octanol–water partition coefficient (Wildman–Crippen LogP) is 4.40. The maximum atomic E-state index is 12.5. The Labute approximate surface area is 180 Å². The highest BCUT2D eigenvalue weighted by Crippen LogP contribution is 2.23. The van der Waals surface area contributed by atoms with E-state index in [-0.39, 0.29) is 18.5 Å². The lowest BCUT2D eigenvalue weighted by Gasteiger charge is -2.17. The number of aromatic nitrogens is 1. The molecular weight excluding hydrogens is 395 g/mol. The molecule has 7 heteroatoms. The summed E-state index contributed by atoms with van der Waals surface area (Å²) in [6.07, 6.45) is 3.24. The molecule has 1 atom stereocenters. The van der Waals surface area contributed by atoms with E-state index in [0.29, 0.717) is 11.3 Å². The van der Waals surface area contributed by atoms with Gasteiger partial charge in [0.15, 0.2) is 6.67 Å². The van der Waals surface area contributed by atoms with Crippen molar-refractivity contribution in [3.8, 4) is 0 Å². The number of alkyl halides is 1. The molecule has 2 aromatic carbocycles. The average Bonchev–Trinajstić information content (AvgIpc) is 2.78. The minimum Gasteiger partial charge on any atom is -0.379 e. The van der Waals surface area contributed by atoms with E-state index in [4.69, 9.17) is 0 Å². The van der Waals surface area contributed by atoms with E-state index >= 15 is 0 Å². The number of hydrogen-bond donors (Lipinski definition) is 3. The summed E-state index contributed by atoms with van der Waals surface area (Å²) in [7, 11) is 0. The molecule has 1 heterocycles. The number of nitrogens with zero attached hydrogens (tertiary/aromatic N) is 1. The molecule has 0 saturated heterocycles. The lowest BCUT2D eigenvalue weighted by Crippen LogP contribution is -2.24. The lowest BCUT2D eigenvalue weighted by atomic mass is 10.1. The number of amides is 2. The first-order valence-corrected chi connectivity index (χ1v) is 9.95. The Hall–Kier alpha value is -3.74. The molecule has 0 bridgehead atoms. The monoisotopic (exact) mass is 420 g/mol. The highest BCUT2D eigenvalue weighted by atomic mass is 19.1. The second kappa shape index (κ2) is 10.3. The van der Waals surface area contributed by atoms with Gasteiger partial charge >= 0.3 is 0 Å². The third-order valence-electron chi connectivity index (χ3n) is 4.70. The van der Waals surface area contributed by atoms with Gasteiger partial charge in [-0.3, -0.25) is 14.6 Å². The van der Waals surface area contributed by atoms with Crippen molar-refractivity contribution in [2.75, 3.05) is 17.3 Å². The van der Waals surface area contributed by atoms with Crippen LogP contribution in [0.1, 0.15) is 40.0 Å². The number of aryl methyl sites for hydroxylation is 1. The summed E-state index contributed by atoms with van der Waals surface area (Å²) in [6.45, 7) is 3.15. The van der Waals surface area contributed by atoms with Crippen LogP contribution in [0.3, 0.4) is 0 Å². The quantitative estimate of drug-likeness (QED) is 0.504. The molecule has 0 aliphatic heterocycles. The fourth-order valence-electron chi connectivity index (χ4n) is 3.12. The molecular formula is C24H25FN4O2. The van der Waals surface area contributed by atoms with Crippen LogP contribution in [0.4, 0.5) is 15.8 Å². The molecule has 3 aromatic rings. The average molecular weight is 420 g/mol. The van der Waals surface area contributed by atoms with E-state index < -0.39 is 12.6 Å². The van der Waals surface area contributed by atoms with Gasteiger partial charge in [0, 0.05) is 36.4 Å². The first-order valence-electron chi connectivity index (χ1n) is 9.95. The first-order chi connectivity index (χ1) is 14.9. The molecule has 0 spiro atoms. The fraction of sp³-hybridized carbons (Fsp3) is 0.208. The van der Waals surface area contributed by atoms with Crippen molar-refractivity contribution < 1.29 is 14.0 Å². The van der Waals surface area contributed by atoms with Gasteiger partial charge in [-0.05, 0) is 60.9 Å². The van der Waals surface area contributed by atoms with E-state index in [1.165, 1.54) is 0 Å². The Morgan fingerprint density at radius 2 is 1.81 bits per heavy atom. The highest BCUT2D eigenvalue weighted by molar-refractivity contribution is 6.04. The van der Waals surface area contributed by atoms with E-state index in [1.807, 2.05) is 62.4 Å². The van der Waals surface area contributed by atoms with Crippen LogP contribution in [0, 0.1) is 6.92 Å². The Balaban J connectivity index is 1.65. The van der Waals surface area contributed by atoms with Crippen molar-refractivity contribution in [1.29, 1.82) is 0 Å². The van der Waals surface area contributed by atoms with Crippen LogP contribution in [-0.4, -0.2) is 23.5 Å². The van der Waals surface area contributed by atoms with Crippen LogP contribution >= 0.6 is 0 Å².